The van der Waals surface area contributed by atoms with Gasteiger partial charge in [0, 0.05) is 13.2 Å². The highest BCUT2D eigenvalue weighted by Gasteiger charge is 2.25. The van der Waals surface area contributed by atoms with E-state index in [2.05, 4.69) is 90.9 Å². The maximum Gasteiger partial charge on any atom is 0.0741 e. The van der Waals surface area contributed by atoms with Gasteiger partial charge in [-0.05, 0) is 30.2 Å². The predicted molar refractivity (Wildman–Crippen MR) is 79.7 cm³/mol. The highest BCUT2D eigenvalue weighted by atomic mass is 15.6. The van der Waals surface area contributed by atoms with Crippen LogP contribution >= 0.6 is 0 Å². The van der Waals surface area contributed by atoms with Crippen molar-refractivity contribution in [3.63, 3.8) is 0 Å². The summed E-state index contributed by atoms with van der Waals surface area (Å²) in [5.74, 6) is 0. The Balaban J connectivity index is 1.90. The molecule has 2 aromatic carbocycles. The lowest BCUT2D eigenvalue weighted by Gasteiger charge is -2.31. The Morgan fingerprint density at radius 3 is 2.32 bits per heavy atom. The van der Waals surface area contributed by atoms with Crippen LogP contribution in [0.2, 0.25) is 0 Å². The van der Waals surface area contributed by atoms with Crippen LogP contribution in [-0.2, 0) is 0 Å². The third-order valence-electron chi connectivity index (χ3n) is 3.66. The van der Waals surface area contributed by atoms with Gasteiger partial charge in [-0.15, -0.1) is 0 Å². The molecule has 2 aromatic rings. The fourth-order valence-electron chi connectivity index (χ4n) is 2.57. The molecular formula is C17H18N2. The number of aryl methyl sites for hydroxylation is 1. The molecule has 1 aliphatic heterocycles. The second kappa shape index (κ2) is 4.90. The standard InChI is InChI=1S/C17H18N2/c1-14-8-6-7-11-16(14)19-13-12-17(18(19)2)15-9-4-3-5-10-15/h3-13,17H,1-2H3. The first-order valence-corrected chi connectivity index (χ1v) is 6.58. The van der Waals surface area contributed by atoms with Gasteiger partial charge in [0.1, 0.15) is 0 Å². The summed E-state index contributed by atoms with van der Waals surface area (Å²) in [5, 5.41) is 4.48. The Labute approximate surface area is 114 Å². The topological polar surface area (TPSA) is 6.48 Å². The number of anilines is 1. The van der Waals surface area contributed by atoms with E-state index in [-0.39, 0.29) is 0 Å². The number of para-hydroxylation sites is 1. The Kier molecular flexibility index (Phi) is 3.10. The predicted octanol–water partition coefficient (Wildman–Crippen LogP) is 3.92. The van der Waals surface area contributed by atoms with Gasteiger partial charge in [-0.2, -0.15) is 0 Å². The number of likely N-dealkylation sites (N-methyl/N-ethyl adjacent to an activating group) is 1. The SMILES string of the molecule is Cc1ccccc1N1C=CC(c2ccccc2)N1C. The van der Waals surface area contributed by atoms with Gasteiger partial charge in [-0.25, -0.2) is 5.01 Å². The Hall–Kier alpha value is -2.06. The third-order valence-corrected chi connectivity index (χ3v) is 3.66. The van der Waals surface area contributed by atoms with E-state index in [4.69, 9.17) is 0 Å². The van der Waals surface area contributed by atoms with Gasteiger partial charge in [-0.1, -0.05) is 48.5 Å². The normalized spacial score (nSPS) is 19.1. The van der Waals surface area contributed by atoms with Crippen LogP contribution in [0.5, 0.6) is 0 Å². The highest BCUT2D eigenvalue weighted by Crippen LogP contribution is 2.32. The summed E-state index contributed by atoms with van der Waals surface area (Å²) in [6, 6.07) is 19.4. The molecule has 0 amide bonds. The molecular weight excluding hydrogens is 232 g/mol. The van der Waals surface area contributed by atoms with Crippen LogP contribution in [0, 0.1) is 6.92 Å². The van der Waals surface area contributed by atoms with Crippen molar-refractivity contribution in [3.8, 4) is 0 Å². The van der Waals surface area contributed by atoms with Crippen molar-refractivity contribution >= 4 is 5.69 Å². The number of hydrogen-bond acceptors (Lipinski definition) is 2. The van der Waals surface area contributed by atoms with E-state index in [1.165, 1.54) is 16.8 Å². The molecule has 1 atom stereocenters. The lowest BCUT2D eigenvalue weighted by molar-refractivity contribution is 0.310. The second-order valence-corrected chi connectivity index (χ2v) is 4.90. The third kappa shape index (κ3) is 2.15. The van der Waals surface area contributed by atoms with Gasteiger partial charge >= 0.3 is 0 Å². The summed E-state index contributed by atoms with van der Waals surface area (Å²) in [4.78, 5) is 0. The second-order valence-electron chi connectivity index (χ2n) is 4.90. The molecule has 2 heteroatoms. The van der Waals surface area contributed by atoms with Crippen molar-refractivity contribution < 1.29 is 0 Å². The maximum atomic E-state index is 2.26. The first kappa shape index (κ1) is 12.0. The zero-order valence-corrected chi connectivity index (χ0v) is 11.3. The molecule has 0 saturated heterocycles. The molecule has 0 fully saturated rings. The van der Waals surface area contributed by atoms with Gasteiger partial charge in [-0.3, -0.25) is 5.01 Å². The molecule has 2 nitrogen and oxygen atoms in total. The van der Waals surface area contributed by atoms with Crippen molar-refractivity contribution in [1.82, 2.24) is 5.01 Å². The number of rotatable bonds is 2. The van der Waals surface area contributed by atoms with E-state index >= 15 is 0 Å². The maximum absolute atomic E-state index is 2.26. The van der Waals surface area contributed by atoms with Crippen molar-refractivity contribution in [2.75, 3.05) is 12.1 Å². The molecule has 0 aliphatic carbocycles. The number of nitrogens with zero attached hydrogens (tertiary/aromatic N) is 2. The highest BCUT2D eigenvalue weighted by molar-refractivity contribution is 5.56. The number of hydrogen-bond donors (Lipinski definition) is 0. The number of hydrazine groups is 1. The lowest BCUT2D eigenvalue weighted by atomic mass is 10.1. The van der Waals surface area contributed by atoms with E-state index in [0.29, 0.717) is 6.04 Å². The minimum atomic E-state index is 0.306. The summed E-state index contributed by atoms with van der Waals surface area (Å²) in [6.45, 7) is 2.15. The average molecular weight is 250 g/mol. The Morgan fingerprint density at radius 1 is 0.895 bits per heavy atom. The first-order valence-electron chi connectivity index (χ1n) is 6.58. The van der Waals surface area contributed by atoms with E-state index in [1.807, 2.05) is 0 Å². The molecule has 0 N–H and O–H groups in total. The monoisotopic (exact) mass is 250 g/mol. The molecule has 96 valence electrons. The minimum Gasteiger partial charge on any atom is -0.281 e. The van der Waals surface area contributed by atoms with Gasteiger partial charge in [0.2, 0.25) is 0 Å². The zero-order valence-electron chi connectivity index (χ0n) is 11.3. The summed E-state index contributed by atoms with van der Waals surface area (Å²) in [5.41, 5.74) is 3.84. The molecule has 1 heterocycles. The van der Waals surface area contributed by atoms with Crippen LogP contribution in [0.4, 0.5) is 5.69 Å². The van der Waals surface area contributed by atoms with Crippen LogP contribution in [0.25, 0.3) is 0 Å². The van der Waals surface area contributed by atoms with Crippen molar-refractivity contribution in [2.45, 2.75) is 13.0 Å². The molecule has 0 bridgehead atoms. The molecule has 1 unspecified atom stereocenters. The lowest BCUT2D eigenvalue weighted by Crippen LogP contribution is -2.33. The van der Waals surface area contributed by atoms with E-state index in [9.17, 15) is 0 Å². The minimum absolute atomic E-state index is 0.306. The van der Waals surface area contributed by atoms with Gasteiger partial charge < -0.3 is 0 Å². The van der Waals surface area contributed by atoms with E-state index < -0.39 is 0 Å². The fraction of sp³-hybridized carbons (Fsp3) is 0.176. The fourth-order valence-corrected chi connectivity index (χ4v) is 2.57. The smallest absolute Gasteiger partial charge is 0.0741 e. The van der Waals surface area contributed by atoms with Crippen LogP contribution in [-0.4, -0.2) is 12.1 Å². The summed E-state index contributed by atoms with van der Waals surface area (Å²) in [6.07, 6.45) is 4.39. The molecule has 19 heavy (non-hydrogen) atoms. The summed E-state index contributed by atoms with van der Waals surface area (Å²) < 4.78 is 0. The van der Waals surface area contributed by atoms with Crippen LogP contribution in [0.15, 0.2) is 66.9 Å². The van der Waals surface area contributed by atoms with Crippen LogP contribution < -0.4 is 5.01 Å². The Morgan fingerprint density at radius 2 is 1.58 bits per heavy atom. The summed E-state index contributed by atoms with van der Waals surface area (Å²) in [7, 11) is 2.13. The van der Waals surface area contributed by atoms with Crippen molar-refractivity contribution in [1.29, 1.82) is 0 Å². The van der Waals surface area contributed by atoms with E-state index in [1.54, 1.807) is 0 Å². The summed E-state index contributed by atoms with van der Waals surface area (Å²) >= 11 is 0. The largest absolute Gasteiger partial charge is 0.281 e. The zero-order chi connectivity index (χ0) is 13.2. The molecule has 0 spiro atoms. The van der Waals surface area contributed by atoms with Crippen LogP contribution in [0.1, 0.15) is 17.2 Å². The molecule has 0 radical (unpaired) electrons. The number of benzene rings is 2. The van der Waals surface area contributed by atoms with Crippen molar-refractivity contribution in [3.05, 3.63) is 78.0 Å². The molecule has 0 aromatic heterocycles. The quantitative estimate of drug-likeness (QED) is 0.797. The average Bonchev–Trinajstić information content (AvgIpc) is 2.82. The van der Waals surface area contributed by atoms with E-state index in [0.717, 1.165) is 0 Å². The molecule has 3 rings (SSSR count). The molecule has 1 aliphatic rings. The Bertz CT molecular complexity index is 589. The molecule has 0 saturated carbocycles. The first-order chi connectivity index (χ1) is 9.27. The van der Waals surface area contributed by atoms with Crippen molar-refractivity contribution in [2.24, 2.45) is 0 Å². The van der Waals surface area contributed by atoms with Gasteiger partial charge in [0.05, 0.1) is 11.7 Å². The van der Waals surface area contributed by atoms with Gasteiger partial charge in [0.15, 0.2) is 0 Å². The van der Waals surface area contributed by atoms with Gasteiger partial charge in [0.25, 0.3) is 0 Å². The van der Waals surface area contributed by atoms with Crippen LogP contribution in [0.3, 0.4) is 0 Å².